The number of carboxylic acid groups (broad SMARTS) is 1. The Labute approximate surface area is 71.9 Å². The van der Waals surface area contributed by atoms with E-state index in [-0.39, 0.29) is 11.8 Å². The van der Waals surface area contributed by atoms with Crippen LogP contribution in [0.3, 0.4) is 0 Å². The molecule has 0 heterocycles. The molecule has 64 valence electrons. The number of hydrogen-bond donors (Lipinski definition) is 1. The van der Waals surface area contributed by atoms with E-state index < -0.39 is 5.97 Å². The molecule has 0 aliphatic heterocycles. The normalized spacial score (nSPS) is 12.5. The average molecular weight is 177 g/mol. The molecule has 3 heteroatoms. The predicted octanol–water partition coefficient (Wildman–Crippen LogP) is 2.42. The van der Waals surface area contributed by atoms with Crippen molar-refractivity contribution in [2.75, 3.05) is 0 Å². The first kappa shape index (κ1) is 10.5. The Kier molecular flexibility index (Phi) is 5.94. The highest BCUT2D eigenvalue weighted by molar-refractivity contribution is 6.21. The number of alkyl halides is 1. The third kappa shape index (κ3) is 7.40. The van der Waals surface area contributed by atoms with Gasteiger partial charge in [-0.15, -0.1) is 18.2 Å². The number of unbranched alkanes of at least 4 members (excludes halogenated alkanes) is 1. The van der Waals surface area contributed by atoms with Crippen LogP contribution in [0.15, 0.2) is 12.7 Å². The predicted molar refractivity (Wildman–Crippen MR) is 45.9 cm³/mol. The van der Waals surface area contributed by atoms with Gasteiger partial charge in [-0.2, -0.15) is 0 Å². The maximum atomic E-state index is 10.1. The molecular formula is C8H13ClO2. The van der Waals surface area contributed by atoms with Gasteiger partial charge in [0, 0.05) is 6.42 Å². The lowest BCUT2D eigenvalue weighted by Gasteiger charge is -2.00. The van der Waals surface area contributed by atoms with E-state index in [0.29, 0.717) is 6.42 Å². The largest absolute Gasteiger partial charge is 0.481 e. The van der Waals surface area contributed by atoms with E-state index in [9.17, 15) is 4.79 Å². The second kappa shape index (κ2) is 6.23. The zero-order valence-electron chi connectivity index (χ0n) is 6.42. The lowest BCUT2D eigenvalue weighted by Crippen LogP contribution is -1.96. The Bertz CT molecular complexity index is 134. The molecule has 0 aliphatic rings. The summed E-state index contributed by atoms with van der Waals surface area (Å²) in [6, 6.07) is 0. The zero-order valence-corrected chi connectivity index (χ0v) is 7.18. The van der Waals surface area contributed by atoms with E-state index in [1.807, 2.05) is 0 Å². The summed E-state index contributed by atoms with van der Waals surface area (Å²) in [5, 5.41) is 8.27. The Hall–Kier alpha value is -0.500. The van der Waals surface area contributed by atoms with Crippen molar-refractivity contribution in [3.05, 3.63) is 12.7 Å². The molecule has 0 radical (unpaired) electrons. The number of carboxylic acids is 1. The van der Waals surface area contributed by atoms with E-state index in [4.69, 9.17) is 16.7 Å². The molecule has 0 saturated heterocycles. The fraction of sp³-hybridized carbons (Fsp3) is 0.625. The molecule has 0 aliphatic carbocycles. The molecule has 0 amide bonds. The molecule has 1 unspecified atom stereocenters. The molecule has 2 nitrogen and oxygen atoms in total. The summed E-state index contributed by atoms with van der Waals surface area (Å²) in [4.78, 5) is 10.1. The maximum absolute atomic E-state index is 10.1. The summed E-state index contributed by atoms with van der Waals surface area (Å²) < 4.78 is 0. The molecule has 0 aromatic carbocycles. The van der Waals surface area contributed by atoms with Crippen LogP contribution in [0.4, 0.5) is 0 Å². The summed E-state index contributed by atoms with van der Waals surface area (Å²) >= 11 is 5.72. The second-order valence-electron chi connectivity index (χ2n) is 2.39. The molecule has 0 rings (SSSR count). The highest BCUT2D eigenvalue weighted by Crippen LogP contribution is 2.09. The van der Waals surface area contributed by atoms with Crippen LogP contribution in [0.5, 0.6) is 0 Å². The van der Waals surface area contributed by atoms with Crippen LogP contribution < -0.4 is 0 Å². The van der Waals surface area contributed by atoms with Crippen LogP contribution in [0, 0.1) is 0 Å². The van der Waals surface area contributed by atoms with Crippen LogP contribution in [0.2, 0.25) is 0 Å². The lowest BCUT2D eigenvalue weighted by atomic mass is 10.1. The van der Waals surface area contributed by atoms with Crippen molar-refractivity contribution < 1.29 is 9.90 Å². The van der Waals surface area contributed by atoms with E-state index in [0.717, 1.165) is 12.8 Å². The van der Waals surface area contributed by atoms with Crippen molar-refractivity contribution >= 4 is 17.6 Å². The van der Waals surface area contributed by atoms with Crippen molar-refractivity contribution in [1.29, 1.82) is 0 Å². The molecule has 0 saturated carbocycles. The van der Waals surface area contributed by atoms with E-state index in [2.05, 4.69) is 6.58 Å². The molecule has 0 aromatic heterocycles. The Morgan fingerprint density at radius 2 is 2.27 bits per heavy atom. The topological polar surface area (TPSA) is 37.3 Å². The second-order valence-corrected chi connectivity index (χ2v) is 2.95. The minimum absolute atomic E-state index is 0.0104. The third-order valence-electron chi connectivity index (χ3n) is 1.38. The van der Waals surface area contributed by atoms with Gasteiger partial charge in [0.05, 0.1) is 5.38 Å². The van der Waals surface area contributed by atoms with Crippen molar-refractivity contribution in [3.8, 4) is 0 Å². The van der Waals surface area contributed by atoms with Crippen LogP contribution in [0.25, 0.3) is 0 Å². The van der Waals surface area contributed by atoms with Crippen molar-refractivity contribution in [3.63, 3.8) is 0 Å². The first-order valence-corrected chi connectivity index (χ1v) is 4.09. The van der Waals surface area contributed by atoms with Gasteiger partial charge in [0.1, 0.15) is 0 Å². The smallest absolute Gasteiger partial charge is 0.303 e. The Balaban J connectivity index is 3.14. The van der Waals surface area contributed by atoms with E-state index in [1.165, 1.54) is 0 Å². The molecule has 1 N–H and O–H groups in total. The van der Waals surface area contributed by atoms with E-state index >= 15 is 0 Å². The summed E-state index contributed by atoms with van der Waals surface area (Å²) in [6.45, 7) is 3.53. The zero-order chi connectivity index (χ0) is 8.69. The monoisotopic (exact) mass is 176 g/mol. The number of hydrogen-bond acceptors (Lipinski definition) is 1. The van der Waals surface area contributed by atoms with Gasteiger partial charge in [-0.05, 0) is 12.8 Å². The summed E-state index contributed by atoms with van der Waals surface area (Å²) in [5.74, 6) is -0.741. The van der Waals surface area contributed by atoms with Gasteiger partial charge in [-0.1, -0.05) is 12.5 Å². The van der Waals surface area contributed by atoms with Gasteiger partial charge in [0.15, 0.2) is 0 Å². The first-order valence-electron chi connectivity index (χ1n) is 3.65. The van der Waals surface area contributed by atoms with Gasteiger partial charge < -0.3 is 5.11 Å². The van der Waals surface area contributed by atoms with Crippen LogP contribution in [-0.2, 0) is 4.79 Å². The first-order chi connectivity index (χ1) is 5.16. The maximum Gasteiger partial charge on any atom is 0.303 e. The third-order valence-corrected chi connectivity index (χ3v) is 1.77. The van der Waals surface area contributed by atoms with Gasteiger partial charge in [0.25, 0.3) is 0 Å². The molecule has 0 aromatic rings. The average Bonchev–Trinajstić information content (AvgIpc) is 1.97. The van der Waals surface area contributed by atoms with Gasteiger partial charge in [0.2, 0.25) is 0 Å². The SMILES string of the molecule is C=CC(Cl)CCCCC(=O)O. The summed E-state index contributed by atoms with van der Waals surface area (Å²) in [6.07, 6.45) is 4.28. The van der Waals surface area contributed by atoms with Crippen molar-refractivity contribution in [2.45, 2.75) is 31.1 Å². The number of allylic oxidation sites excluding steroid dienone is 1. The standard InChI is InChI=1S/C8H13ClO2/c1-2-7(9)5-3-4-6-8(10)11/h2,7H,1,3-6H2,(H,10,11). The minimum Gasteiger partial charge on any atom is -0.481 e. The number of aliphatic carboxylic acids is 1. The highest BCUT2D eigenvalue weighted by atomic mass is 35.5. The number of carbonyl (C=O) groups is 1. The fourth-order valence-corrected chi connectivity index (χ4v) is 0.888. The molecule has 0 bridgehead atoms. The molecule has 0 spiro atoms. The van der Waals surface area contributed by atoms with Gasteiger partial charge >= 0.3 is 5.97 Å². The Morgan fingerprint density at radius 1 is 1.64 bits per heavy atom. The summed E-state index contributed by atoms with van der Waals surface area (Å²) in [7, 11) is 0. The van der Waals surface area contributed by atoms with Gasteiger partial charge in [-0.25, -0.2) is 0 Å². The van der Waals surface area contributed by atoms with Crippen LogP contribution in [0.1, 0.15) is 25.7 Å². The van der Waals surface area contributed by atoms with Crippen molar-refractivity contribution in [1.82, 2.24) is 0 Å². The van der Waals surface area contributed by atoms with Crippen LogP contribution >= 0.6 is 11.6 Å². The van der Waals surface area contributed by atoms with E-state index in [1.54, 1.807) is 6.08 Å². The quantitative estimate of drug-likeness (QED) is 0.384. The minimum atomic E-state index is -0.741. The van der Waals surface area contributed by atoms with Crippen molar-refractivity contribution in [2.24, 2.45) is 0 Å². The lowest BCUT2D eigenvalue weighted by molar-refractivity contribution is -0.137. The molecular weight excluding hydrogens is 164 g/mol. The van der Waals surface area contributed by atoms with Gasteiger partial charge in [-0.3, -0.25) is 4.79 Å². The molecule has 11 heavy (non-hydrogen) atoms. The highest BCUT2D eigenvalue weighted by Gasteiger charge is 2.00. The molecule has 0 fully saturated rings. The summed E-state index contributed by atoms with van der Waals surface area (Å²) in [5.41, 5.74) is 0. The Morgan fingerprint density at radius 3 is 2.73 bits per heavy atom. The molecule has 1 atom stereocenters. The fourth-order valence-electron chi connectivity index (χ4n) is 0.733. The number of halogens is 1. The number of rotatable bonds is 6. The van der Waals surface area contributed by atoms with Crippen LogP contribution in [-0.4, -0.2) is 16.5 Å².